The third-order valence-electron chi connectivity index (χ3n) is 3.09. The second kappa shape index (κ2) is 9.15. The number of carbonyl (C=O) groups is 1. The molecule has 2 rings (SSSR count). The van der Waals surface area contributed by atoms with Gasteiger partial charge in [-0.3, -0.25) is 4.79 Å². The molecule has 4 heteroatoms. The van der Waals surface area contributed by atoms with E-state index in [1.807, 2.05) is 49.4 Å². The van der Waals surface area contributed by atoms with Gasteiger partial charge in [0.15, 0.2) is 0 Å². The number of amides is 1. The first-order valence-electron chi connectivity index (χ1n) is 7.45. The maximum absolute atomic E-state index is 11.9. The first-order chi connectivity index (χ1) is 10.8. The first kappa shape index (κ1) is 16.4. The summed E-state index contributed by atoms with van der Waals surface area (Å²) in [6.07, 6.45) is 0.510. The molecule has 0 heterocycles. The minimum absolute atomic E-state index is 0.0646. The van der Waals surface area contributed by atoms with E-state index >= 15 is 0 Å². The maximum Gasteiger partial charge on any atom is 0.221 e. The highest BCUT2D eigenvalue weighted by Crippen LogP contribution is 2.19. The Balaban J connectivity index is 1.74. The van der Waals surface area contributed by atoms with E-state index in [0.717, 1.165) is 17.1 Å². The van der Waals surface area contributed by atoms with Crippen LogP contribution in [0.3, 0.4) is 0 Å². The molecule has 0 aromatic heterocycles. The minimum atomic E-state index is 0.0646. The molecule has 0 saturated heterocycles. The van der Waals surface area contributed by atoms with Gasteiger partial charge < -0.3 is 10.1 Å². The number of hydrogen-bond donors (Lipinski definition) is 1. The predicted octanol–water partition coefficient (Wildman–Crippen LogP) is 3.88. The Morgan fingerprint density at radius 2 is 1.82 bits per heavy atom. The Bertz CT molecular complexity index is 587. The average Bonchev–Trinajstić information content (AvgIpc) is 2.55. The van der Waals surface area contributed by atoms with Crippen LogP contribution in [0.5, 0.6) is 5.75 Å². The Morgan fingerprint density at radius 1 is 1.09 bits per heavy atom. The van der Waals surface area contributed by atoms with Crippen LogP contribution < -0.4 is 10.1 Å². The molecule has 0 unspecified atom stereocenters. The quantitative estimate of drug-likeness (QED) is 0.751. The van der Waals surface area contributed by atoms with Gasteiger partial charge in [-0.25, -0.2) is 0 Å². The summed E-state index contributed by atoms with van der Waals surface area (Å²) in [5, 5.41) is 2.95. The van der Waals surface area contributed by atoms with E-state index in [2.05, 4.69) is 17.4 Å². The fourth-order valence-electron chi connectivity index (χ4n) is 2.01. The van der Waals surface area contributed by atoms with E-state index in [1.165, 1.54) is 4.90 Å². The molecule has 0 bridgehead atoms. The van der Waals surface area contributed by atoms with Crippen molar-refractivity contribution in [1.29, 1.82) is 0 Å². The van der Waals surface area contributed by atoms with Gasteiger partial charge in [-0.1, -0.05) is 36.4 Å². The Labute approximate surface area is 136 Å². The van der Waals surface area contributed by atoms with Crippen molar-refractivity contribution >= 4 is 17.7 Å². The summed E-state index contributed by atoms with van der Waals surface area (Å²) < 4.78 is 5.55. The Hall–Kier alpha value is -1.94. The topological polar surface area (TPSA) is 38.3 Å². The minimum Gasteiger partial charge on any atom is -0.494 e. The highest BCUT2D eigenvalue weighted by molar-refractivity contribution is 7.99. The van der Waals surface area contributed by atoms with Gasteiger partial charge in [-0.15, -0.1) is 11.8 Å². The molecule has 0 saturated carbocycles. The summed E-state index contributed by atoms with van der Waals surface area (Å²) in [5.41, 5.74) is 1.01. The zero-order chi connectivity index (χ0) is 15.6. The SMILES string of the molecule is CCOc1ccccc1CNC(=O)CCSc1ccccc1. The number of para-hydroxylation sites is 1. The molecule has 0 aliphatic heterocycles. The fourth-order valence-corrected chi connectivity index (χ4v) is 2.88. The molecule has 2 aromatic carbocycles. The van der Waals surface area contributed by atoms with Crippen molar-refractivity contribution in [3.05, 3.63) is 60.2 Å². The largest absolute Gasteiger partial charge is 0.494 e. The van der Waals surface area contributed by atoms with Crippen molar-refractivity contribution < 1.29 is 9.53 Å². The standard InChI is InChI=1S/C18H21NO2S/c1-2-21-17-11-7-6-8-15(17)14-19-18(20)12-13-22-16-9-4-3-5-10-16/h3-11H,2,12-14H2,1H3,(H,19,20). The molecular weight excluding hydrogens is 294 g/mol. The Morgan fingerprint density at radius 3 is 2.59 bits per heavy atom. The lowest BCUT2D eigenvalue weighted by molar-refractivity contribution is -0.120. The predicted molar refractivity (Wildman–Crippen MR) is 91.2 cm³/mol. The van der Waals surface area contributed by atoms with Crippen LogP contribution in [0.15, 0.2) is 59.5 Å². The van der Waals surface area contributed by atoms with Gasteiger partial charge in [0.1, 0.15) is 5.75 Å². The molecule has 116 valence electrons. The number of rotatable bonds is 8. The van der Waals surface area contributed by atoms with E-state index in [4.69, 9.17) is 4.74 Å². The van der Waals surface area contributed by atoms with Gasteiger partial charge in [0.2, 0.25) is 5.91 Å². The fraction of sp³-hybridized carbons (Fsp3) is 0.278. The van der Waals surface area contributed by atoms with Crippen LogP contribution in [-0.4, -0.2) is 18.3 Å². The van der Waals surface area contributed by atoms with E-state index < -0.39 is 0 Å². The van der Waals surface area contributed by atoms with Crippen LogP contribution in [0.4, 0.5) is 0 Å². The molecule has 0 atom stereocenters. The summed E-state index contributed by atoms with van der Waals surface area (Å²) in [6.45, 7) is 3.08. The third-order valence-corrected chi connectivity index (χ3v) is 4.10. The summed E-state index contributed by atoms with van der Waals surface area (Å²) in [5.74, 6) is 1.68. The molecular formula is C18H21NO2S. The number of nitrogens with one attached hydrogen (secondary N) is 1. The van der Waals surface area contributed by atoms with Crippen molar-refractivity contribution in [3.8, 4) is 5.75 Å². The zero-order valence-electron chi connectivity index (χ0n) is 12.7. The molecule has 3 nitrogen and oxygen atoms in total. The zero-order valence-corrected chi connectivity index (χ0v) is 13.6. The van der Waals surface area contributed by atoms with Crippen molar-refractivity contribution in [2.24, 2.45) is 0 Å². The second-order valence-corrected chi connectivity index (χ2v) is 5.90. The van der Waals surface area contributed by atoms with E-state index in [9.17, 15) is 4.79 Å². The lowest BCUT2D eigenvalue weighted by Gasteiger charge is -2.11. The normalized spacial score (nSPS) is 10.2. The number of ether oxygens (including phenoxy) is 1. The van der Waals surface area contributed by atoms with E-state index in [-0.39, 0.29) is 5.91 Å². The van der Waals surface area contributed by atoms with E-state index in [1.54, 1.807) is 11.8 Å². The van der Waals surface area contributed by atoms with Crippen molar-refractivity contribution in [2.75, 3.05) is 12.4 Å². The molecule has 0 radical (unpaired) electrons. The summed E-state index contributed by atoms with van der Waals surface area (Å²) in [7, 11) is 0. The molecule has 1 N–H and O–H groups in total. The van der Waals surface area contributed by atoms with Gasteiger partial charge in [0, 0.05) is 29.2 Å². The highest BCUT2D eigenvalue weighted by Gasteiger charge is 2.05. The van der Waals surface area contributed by atoms with Crippen LogP contribution in [0.1, 0.15) is 18.9 Å². The number of thioether (sulfide) groups is 1. The number of hydrogen-bond acceptors (Lipinski definition) is 3. The summed E-state index contributed by atoms with van der Waals surface area (Å²) in [6, 6.07) is 17.9. The van der Waals surface area contributed by atoms with Crippen molar-refractivity contribution in [3.63, 3.8) is 0 Å². The average molecular weight is 315 g/mol. The van der Waals surface area contributed by atoms with Crippen molar-refractivity contribution in [2.45, 2.75) is 24.8 Å². The lowest BCUT2D eigenvalue weighted by Crippen LogP contribution is -2.23. The van der Waals surface area contributed by atoms with Gasteiger partial charge in [0.05, 0.1) is 6.61 Å². The first-order valence-corrected chi connectivity index (χ1v) is 8.43. The van der Waals surface area contributed by atoms with Crippen LogP contribution in [-0.2, 0) is 11.3 Å². The Kier molecular flexibility index (Phi) is 6.84. The molecule has 0 aliphatic rings. The molecule has 0 aliphatic carbocycles. The molecule has 0 spiro atoms. The van der Waals surface area contributed by atoms with Crippen LogP contribution >= 0.6 is 11.8 Å². The molecule has 1 amide bonds. The lowest BCUT2D eigenvalue weighted by atomic mass is 10.2. The van der Waals surface area contributed by atoms with Gasteiger partial charge in [-0.2, -0.15) is 0 Å². The smallest absolute Gasteiger partial charge is 0.221 e. The van der Waals surface area contributed by atoms with Gasteiger partial charge in [-0.05, 0) is 25.1 Å². The second-order valence-electron chi connectivity index (χ2n) is 4.73. The number of benzene rings is 2. The van der Waals surface area contributed by atoms with Gasteiger partial charge in [0.25, 0.3) is 0 Å². The molecule has 22 heavy (non-hydrogen) atoms. The van der Waals surface area contributed by atoms with Crippen molar-refractivity contribution in [1.82, 2.24) is 5.32 Å². The molecule has 0 fully saturated rings. The van der Waals surface area contributed by atoms with Crippen LogP contribution in [0.2, 0.25) is 0 Å². The third kappa shape index (κ3) is 5.45. The summed E-state index contributed by atoms with van der Waals surface area (Å²) >= 11 is 1.70. The maximum atomic E-state index is 11.9. The van der Waals surface area contributed by atoms with Crippen LogP contribution in [0.25, 0.3) is 0 Å². The summed E-state index contributed by atoms with van der Waals surface area (Å²) in [4.78, 5) is 13.1. The van der Waals surface area contributed by atoms with Crippen LogP contribution in [0, 0.1) is 0 Å². The monoisotopic (exact) mass is 315 g/mol. The number of carbonyl (C=O) groups excluding carboxylic acids is 1. The van der Waals surface area contributed by atoms with Gasteiger partial charge >= 0.3 is 0 Å². The van der Waals surface area contributed by atoms with E-state index in [0.29, 0.717) is 19.6 Å². The molecule has 2 aromatic rings. The highest BCUT2D eigenvalue weighted by atomic mass is 32.2.